The normalized spacial score (nSPS) is 23.4. The molecule has 2 aliphatic heterocycles. The van der Waals surface area contributed by atoms with Crippen LogP contribution in [0.5, 0.6) is 34.5 Å². The van der Waals surface area contributed by atoms with Crippen LogP contribution in [0.4, 0.5) is 0 Å². The number of rotatable bonds is 8. The lowest BCUT2D eigenvalue weighted by Gasteiger charge is -2.43. The summed E-state index contributed by atoms with van der Waals surface area (Å²) in [5, 5.41) is 3.86. The smallest absolute Gasteiger partial charge is 0.231 e. The minimum absolute atomic E-state index is 0.0399. The summed E-state index contributed by atoms with van der Waals surface area (Å²) in [7, 11) is 1.67. The quantitative estimate of drug-likeness (QED) is 0.511. The Kier molecular flexibility index (Phi) is 6.87. The van der Waals surface area contributed by atoms with Crippen molar-refractivity contribution in [2.75, 3.05) is 27.1 Å². The topological polar surface area (TPSA) is 67.4 Å². The Hall–Kier alpha value is -2.80. The predicted octanol–water partition coefficient (Wildman–Crippen LogP) is 5.77. The number of hydrogen-bond donors (Lipinski definition) is 1. The highest BCUT2D eigenvalue weighted by Gasteiger charge is 2.41. The molecule has 0 radical (unpaired) electrons. The standard InChI is InChI=1S/C28H37NO6/c1-5-31-26-13-18(12-25(30-4)27(26)32-6-2)21-16-28(3,29-19-10-8-7-9-11-19)35-22-15-24-23(14-20(21)22)33-17-34-24/h12-15,19,21,29H,5-11,16-17H2,1-4H3. The van der Waals surface area contributed by atoms with Crippen LogP contribution in [-0.2, 0) is 0 Å². The summed E-state index contributed by atoms with van der Waals surface area (Å²) in [6.45, 7) is 7.40. The minimum atomic E-state index is -0.523. The molecule has 2 atom stereocenters. The van der Waals surface area contributed by atoms with Crippen LogP contribution in [0, 0.1) is 0 Å². The molecule has 0 saturated heterocycles. The second-order valence-electron chi connectivity index (χ2n) is 9.73. The molecule has 1 N–H and O–H groups in total. The fraction of sp³-hybridized carbons (Fsp3) is 0.571. The molecular formula is C28H37NO6. The van der Waals surface area contributed by atoms with Crippen molar-refractivity contribution in [2.24, 2.45) is 0 Å². The third-order valence-electron chi connectivity index (χ3n) is 7.18. The second kappa shape index (κ2) is 10.1. The third kappa shape index (κ3) is 4.83. The summed E-state index contributed by atoms with van der Waals surface area (Å²) in [6.07, 6.45) is 6.97. The van der Waals surface area contributed by atoms with E-state index in [1.165, 1.54) is 32.1 Å². The van der Waals surface area contributed by atoms with Crippen molar-refractivity contribution in [3.05, 3.63) is 35.4 Å². The number of ether oxygens (including phenoxy) is 6. The van der Waals surface area contributed by atoms with Crippen LogP contribution in [0.1, 0.15) is 76.3 Å². The number of hydrogen-bond acceptors (Lipinski definition) is 7. The summed E-state index contributed by atoms with van der Waals surface area (Å²) < 4.78 is 35.7. The first kappa shape index (κ1) is 23.9. The zero-order valence-electron chi connectivity index (χ0n) is 21.3. The molecule has 2 aromatic carbocycles. The van der Waals surface area contributed by atoms with Crippen LogP contribution >= 0.6 is 0 Å². The van der Waals surface area contributed by atoms with Gasteiger partial charge in [0.05, 0.1) is 20.3 Å². The maximum atomic E-state index is 6.66. The van der Waals surface area contributed by atoms with Crippen LogP contribution in [-0.4, -0.2) is 38.9 Å². The van der Waals surface area contributed by atoms with Gasteiger partial charge in [0.25, 0.3) is 0 Å². The lowest BCUT2D eigenvalue weighted by molar-refractivity contribution is 0.00829. The maximum absolute atomic E-state index is 6.66. The van der Waals surface area contributed by atoms with Gasteiger partial charge in [-0.15, -0.1) is 0 Å². The number of benzene rings is 2. The van der Waals surface area contributed by atoms with E-state index < -0.39 is 5.72 Å². The largest absolute Gasteiger partial charge is 0.493 e. The molecule has 2 unspecified atom stereocenters. The fourth-order valence-corrected chi connectivity index (χ4v) is 5.65. The van der Waals surface area contributed by atoms with Gasteiger partial charge < -0.3 is 28.4 Å². The van der Waals surface area contributed by atoms with E-state index in [9.17, 15) is 0 Å². The Balaban J connectivity index is 1.58. The summed E-state index contributed by atoms with van der Waals surface area (Å²) in [5.41, 5.74) is 1.64. The molecule has 7 nitrogen and oxygen atoms in total. The van der Waals surface area contributed by atoms with Crippen LogP contribution < -0.4 is 33.7 Å². The van der Waals surface area contributed by atoms with Gasteiger partial charge in [0.1, 0.15) is 5.75 Å². The summed E-state index contributed by atoms with van der Waals surface area (Å²) >= 11 is 0. The van der Waals surface area contributed by atoms with Gasteiger partial charge in [0.2, 0.25) is 12.5 Å². The summed E-state index contributed by atoms with van der Waals surface area (Å²) in [6, 6.07) is 8.64. The lowest BCUT2D eigenvalue weighted by Crippen LogP contribution is -2.55. The van der Waals surface area contributed by atoms with E-state index in [1.54, 1.807) is 7.11 Å². The molecule has 7 heteroatoms. The van der Waals surface area contributed by atoms with Gasteiger partial charge in [-0.1, -0.05) is 19.3 Å². The average Bonchev–Trinajstić information content (AvgIpc) is 3.31. The Labute approximate surface area is 208 Å². The Morgan fingerprint density at radius 1 is 0.914 bits per heavy atom. The molecule has 0 aromatic heterocycles. The third-order valence-corrected chi connectivity index (χ3v) is 7.18. The summed E-state index contributed by atoms with van der Waals surface area (Å²) in [4.78, 5) is 0. The summed E-state index contributed by atoms with van der Waals surface area (Å²) in [5.74, 6) is 4.35. The predicted molar refractivity (Wildman–Crippen MR) is 133 cm³/mol. The zero-order valence-corrected chi connectivity index (χ0v) is 21.3. The van der Waals surface area contributed by atoms with E-state index in [4.69, 9.17) is 28.4 Å². The first-order valence-corrected chi connectivity index (χ1v) is 12.9. The average molecular weight is 484 g/mol. The first-order chi connectivity index (χ1) is 17.0. The molecule has 35 heavy (non-hydrogen) atoms. The SMILES string of the molecule is CCOc1cc(C2CC(C)(NC3CCCCC3)Oc3cc4c(cc32)OCO4)cc(OC)c1OCC. The fourth-order valence-electron chi connectivity index (χ4n) is 5.65. The van der Waals surface area contributed by atoms with Crippen molar-refractivity contribution < 1.29 is 28.4 Å². The van der Waals surface area contributed by atoms with E-state index in [1.807, 2.05) is 19.9 Å². The highest BCUT2D eigenvalue weighted by atomic mass is 16.7. The van der Waals surface area contributed by atoms with E-state index in [2.05, 4.69) is 30.4 Å². The van der Waals surface area contributed by atoms with E-state index in [0.29, 0.717) is 36.5 Å². The van der Waals surface area contributed by atoms with Crippen molar-refractivity contribution in [1.82, 2.24) is 5.32 Å². The molecule has 5 rings (SSSR count). The monoisotopic (exact) mass is 483 g/mol. The number of nitrogens with one attached hydrogen (secondary N) is 1. The van der Waals surface area contributed by atoms with Crippen LogP contribution in [0.2, 0.25) is 0 Å². The molecular weight excluding hydrogens is 446 g/mol. The number of fused-ring (bicyclic) bond motifs is 2. The van der Waals surface area contributed by atoms with E-state index in [0.717, 1.165) is 34.8 Å². The Morgan fingerprint density at radius 2 is 1.63 bits per heavy atom. The van der Waals surface area contributed by atoms with Crippen molar-refractivity contribution >= 4 is 0 Å². The van der Waals surface area contributed by atoms with Crippen molar-refractivity contribution in [3.8, 4) is 34.5 Å². The first-order valence-electron chi connectivity index (χ1n) is 12.9. The van der Waals surface area contributed by atoms with Crippen LogP contribution in [0.15, 0.2) is 24.3 Å². The molecule has 0 bridgehead atoms. The van der Waals surface area contributed by atoms with Gasteiger partial charge in [-0.25, -0.2) is 0 Å². The molecule has 0 spiro atoms. The van der Waals surface area contributed by atoms with Crippen LogP contribution in [0.25, 0.3) is 0 Å². The van der Waals surface area contributed by atoms with Crippen molar-refractivity contribution in [2.45, 2.75) is 77.0 Å². The maximum Gasteiger partial charge on any atom is 0.231 e. The van der Waals surface area contributed by atoms with Gasteiger partial charge in [0, 0.05) is 30.0 Å². The van der Waals surface area contributed by atoms with Gasteiger partial charge in [0.15, 0.2) is 28.7 Å². The van der Waals surface area contributed by atoms with Gasteiger partial charge in [-0.2, -0.15) is 0 Å². The highest BCUT2D eigenvalue weighted by Crippen LogP contribution is 2.51. The van der Waals surface area contributed by atoms with E-state index in [-0.39, 0.29) is 12.7 Å². The van der Waals surface area contributed by atoms with Gasteiger partial charge in [-0.05, 0) is 57.4 Å². The molecule has 2 heterocycles. The van der Waals surface area contributed by atoms with Crippen molar-refractivity contribution in [3.63, 3.8) is 0 Å². The minimum Gasteiger partial charge on any atom is -0.493 e. The molecule has 0 amide bonds. The molecule has 2 aromatic rings. The lowest BCUT2D eigenvalue weighted by atomic mass is 9.81. The zero-order chi connectivity index (χ0) is 24.4. The Morgan fingerprint density at radius 3 is 2.34 bits per heavy atom. The second-order valence-corrected chi connectivity index (χ2v) is 9.73. The highest BCUT2D eigenvalue weighted by molar-refractivity contribution is 5.60. The molecule has 3 aliphatic rings. The van der Waals surface area contributed by atoms with Gasteiger partial charge >= 0.3 is 0 Å². The molecule has 1 fully saturated rings. The van der Waals surface area contributed by atoms with Crippen LogP contribution in [0.3, 0.4) is 0 Å². The van der Waals surface area contributed by atoms with Crippen molar-refractivity contribution in [1.29, 1.82) is 0 Å². The molecule has 1 aliphatic carbocycles. The molecule has 190 valence electrons. The Bertz CT molecular complexity index is 1050. The number of methoxy groups -OCH3 is 1. The van der Waals surface area contributed by atoms with Gasteiger partial charge in [-0.3, -0.25) is 5.32 Å². The molecule has 1 saturated carbocycles. The van der Waals surface area contributed by atoms with E-state index >= 15 is 0 Å².